The van der Waals surface area contributed by atoms with Crippen LogP contribution in [0.1, 0.15) is 197 Å². The summed E-state index contributed by atoms with van der Waals surface area (Å²) >= 11 is 0. The van der Waals surface area contributed by atoms with E-state index >= 15 is 0 Å². The lowest BCUT2D eigenvalue weighted by Gasteiger charge is -2.44. The van der Waals surface area contributed by atoms with Crippen molar-refractivity contribution in [2.75, 3.05) is 13.2 Å². The molecule has 7 unspecified atom stereocenters. The molecule has 0 saturated carbocycles. The van der Waals surface area contributed by atoms with Gasteiger partial charge in [0.2, 0.25) is 6.29 Å². The second-order valence-corrected chi connectivity index (χ2v) is 16.2. The van der Waals surface area contributed by atoms with Crippen LogP contribution in [0.3, 0.4) is 0 Å². The average molecular weight is 685 g/mol. The number of hydrogen-bond donors (Lipinski definition) is 3. The zero-order chi connectivity index (χ0) is 35.3. The first-order chi connectivity index (χ1) is 23.6. The lowest BCUT2D eigenvalue weighted by atomic mass is 9.62. The summed E-state index contributed by atoms with van der Waals surface area (Å²) in [6, 6.07) is 0. The molecule has 1 fully saturated rings. The molecule has 6 nitrogen and oxygen atoms in total. The summed E-state index contributed by atoms with van der Waals surface area (Å²) in [6.07, 6.45) is 22.3. The smallest absolute Gasteiger partial charge is 0.229 e. The molecule has 3 aliphatic rings. The van der Waals surface area contributed by atoms with Crippen molar-refractivity contribution in [2.24, 2.45) is 5.92 Å². The molecule has 3 N–H and O–H groups in total. The van der Waals surface area contributed by atoms with E-state index in [1.54, 1.807) is 0 Å². The Labute approximate surface area is 299 Å². The van der Waals surface area contributed by atoms with E-state index in [1.165, 1.54) is 112 Å². The summed E-state index contributed by atoms with van der Waals surface area (Å²) in [7, 11) is 0. The summed E-state index contributed by atoms with van der Waals surface area (Å²) in [5.41, 5.74) is 6.46. The van der Waals surface area contributed by atoms with Gasteiger partial charge in [-0.15, -0.1) is 0 Å². The molecule has 0 spiro atoms. The molecular weight excluding hydrogens is 612 g/mol. The fourth-order valence-electron chi connectivity index (χ4n) is 8.89. The van der Waals surface area contributed by atoms with Crippen molar-refractivity contribution in [3.8, 4) is 11.5 Å². The Hall–Kier alpha value is -1.60. The minimum absolute atomic E-state index is 0.0879. The zero-order valence-corrected chi connectivity index (χ0v) is 32.1. The molecule has 1 aromatic carbocycles. The van der Waals surface area contributed by atoms with E-state index in [0.29, 0.717) is 30.1 Å². The van der Waals surface area contributed by atoms with Gasteiger partial charge in [-0.05, 0) is 80.9 Å². The van der Waals surface area contributed by atoms with Gasteiger partial charge in [-0.3, -0.25) is 0 Å². The van der Waals surface area contributed by atoms with Gasteiger partial charge in [-0.1, -0.05) is 129 Å². The molecule has 0 amide bonds. The molecule has 8 atom stereocenters. The van der Waals surface area contributed by atoms with Crippen molar-refractivity contribution in [2.45, 2.75) is 206 Å². The maximum Gasteiger partial charge on any atom is 0.229 e. The SMILES string of the molecule is CCCCCCCCCCCCCCCCCCOc1c(C)c2c3c(c1OC1OCC(O)C(O)C1O)C(C)CCC3C(C)C[C@@H]2C=C(C)C. The molecule has 1 heterocycles. The van der Waals surface area contributed by atoms with Crippen LogP contribution in [0.5, 0.6) is 11.5 Å². The lowest BCUT2D eigenvalue weighted by molar-refractivity contribution is -0.242. The van der Waals surface area contributed by atoms with Crippen LogP contribution < -0.4 is 9.47 Å². The third-order valence-electron chi connectivity index (χ3n) is 11.7. The van der Waals surface area contributed by atoms with Crippen molar-refractivity contribution < 1.29 is 29.5 Å². The number of aliphatic hydroxyl groups is 3. The highest BCUT2D eigenvalue weighted by Gasteiger charge is 2.44. The Morgan fingerprint density at radius 1 is 0.735 bits per heavy atom. The van der Waals surface area contributed by atoms with Crippen LogP contribution in [0.15, 0.2) is 11.6 Å². The highest BCUT2D eigenvalue weighted by atomic mass is 16.7. The number of rotatable bonds is 21. The molecule has 0 bridgehead atoms. The Bertz CT molecular complexity index is 1160. The maximum atomic E-state index is 10.9. The van der Waals surface area contributed by atoms with Gasteiger partial charge in [0.05, 0.1) is 13.2 Å². The first-order valence-corrected chi connectivity index (χ1v) is 20.5. The molecule has 2 aliphatic carbocycles. The number of unbranched alkanes of at least 4 members (excludes halogenated alkanes) is 15. The Morgan fingerprint density at radius 3 is 1.88 bits per heavy atom. The summed E-state index contributed by atoms with van der Waals surface area (Å²) < 4.78 is 19.1. The van der Waals surface area contributed by atoms with E-state index in [1.807, 2.05) is 0 Å². The Morgan fingerprint density at radius 2 is 1.31 bits per heavy atom. The van der Waals surface area contributed by atoms with Crippen molar-refractivity contribution in [1.82, 2.24) is 0 Å². The second-order valence-electron chi connectivity index (χ2n) is 16.2. The standard InChI is InChI=1S/C43H72O6/c1-7-8-9-10-11-12-13-14-15-16-17-18-19-20-21-22-25-47-41-32(6)37-33(26-29(2)3)27-31(5)34-24-23-30(4)36(38(34)37)42(41)49-43-40(46)39(45)35(44)28-48-43/h26,30-31,33-35,39-40,43-46H,7-25,27-28H2,1-6H3/t30?,31?,33-,34?,35?,39?,40?,43?/m0/s1. The lowest BCUT2D eigenvalue weighted by Crippen LogP contribution is -2.55. The molecule has 280 valence electrons. The molecule has 0 radical (unpaired) electrons. The van der Waals surface area contributed by atoms with Gasteiger partial charge < -0.3 is 29.5 Å². The summed E-state index contributed by atoms with van der Waals surface area (Å²) in [4.78, 5) is 0. The van der Waals surface area contributed by atoms with Gasteiger partial charge >= 0.3 is 0 Å². The minimum Gasteiger partial charge on any atom is -0.489 e. The van der Waals surface area contributed by atoms with Crippen LogP contribution in [-0.4, -0.2) is 53.1 Å². The normalized spacial score (nSPS) is 27.9. The monoisotopic (exact) mass is 685 g/mol. The van der Waals surface area contributed by atoms with Gasteiger partial charge in [-0.2, -0.15) is 0 Å². The number of benzene rings is 1. The van der Waals surface area contributed by atoms with Crippen molar-refractivity contribution in [1.29, 1.82) is 0 Å². The van der Waals surface area contributed by atoms with Crippen LogP contribution in [0.2, 0.25) is 0 Å². The zero-order valence-electron chi connectivity index (χ0n) is 32.1. The summed E-state index contributed by atoms with van der Waals surface area (Å²) in [5.74, 6) is 3.05. The van der Waals surface area contributed by atoms with Crippen LogP contribution in [-0.2, 0) is 4.74 Å². The maximum absolute atomic E-state index is 10.9. The van der Waals surface area contributed by atoms with Gasteiger partial charge in [-0.25, -0.2) is 0 Å². The highest BCUT2D eigenvalue weighted by Crippen LogP contribution is 2.58. The number of aliphatic hydroxyl groups excluding tert-OH is 3. The number of allylic oxidation sites excluding steroid dienone is 2. The summed E-state index contributed by atoms with van der Waals surface area (Å²) in [5, 5.41) is 31.4. The van der Waals surface area contributed by atoms with Gasteiger partial charge in [0.1, 0.15) is 18.3 Å². The Kier molecular flexibility index (Phi) is 16.8. The van der Waals surface area contributed by atoms with Crippen LogP contribution >= 0.6 is 0 Å². The van der Waals surface area contributed by atoms with Crippen LogP contribution in [0.4, 0.5) is 0 Å². The second kappa shape index (κ2) is 20.4. The molecule has 1 aromatic rings. The molecular formula is C43H72O6. The molecule has 6 heteroatoms. The summed E-state index contributed by atoms with van der Waals surface area (Å²) in [6.45, 7) is 14.0. The Balaban J connectivity index is 1.37. The van der Waals surface area contributed by atoms with Crippen molar-refractivity contribution in [3.63, 3.8) is 0 Å². The van der Waals surface area contributed by atoms with E-state index in [2.05, 4.69) is 47.6 Å². The number of ether oxygens (including phenoxy) is 3. The largest absolute Gasteiger partial charge is 0.489 e. The molecule has 0 aromatic heterocycles. The van der Waals surface area contributed by atoms with E-state index < -0.39 is 24.6 Å². The minimum atomic E-state index is -1.35. The van der Waals surface area contributed by atoms with Gasteiger partial charge in [0.15, 0.2) is 11.5 Å². The third-order valence-corrected chi connectivity index (χ3v) is 11.7. The fourth-order valence-corrected chi connectivity index (χ4v) is 8.89. The first-order valence-electron chi connectivity index (χ1n) is 20.5. The van der Waals surface area contributed by atoms with E-state index in [9.17, 15) is 15.3 Å². The quantitative estimate of drug-likeness (QED) is 0.0882. The topological polar surface area (TPSA) is 88.4 Å². The fraction of sp³-hybridized carbons (Fsp3) is 0.814. The molecule has 1 aliphatic heterocycles. The predicted molar refractivity (Wildman–Crippen MR) is 201 cm³/mol. The van der Waals surface area contributed by atoms with Crippen molar-refractivity contribution >= 4 is 0 Å². The first kappa shape index (κ1) is 40.2. The predicted octanol–water partition coefficient (Wildman–Crippen LogP) is 10.5. The van der Waals surface area contributed by atoms with Gasteiger partial charge in [0, 0.05) is 11.5 Å². The van der Waals surface area contributed by atoms with Crippen molar-refractivity contribution in [3.05, 3.63) is 33.9 Å². The van der Waals surface area contributed by atoms with E-state index in [-0.39, 0.29) is 12.5 Å². The molecule has 1 saturated heterocycles. The molecule has 49 heavy (non-hydrogen) atoms. The number of hydrogen-bond acceptors (Lipinski definition) is 6. The van der Waals surface area contributed by atoms with E-state index in [0.717, 1.165) is 43.4 Å². The van der Waals surface area contributed by atoms with Crippen LogP contribution in [0.25, 0.3) is 0 Å². The van der Waals surface area contributed by atoms with Crippen LogP contribution in [0, 0.1) is 12.8 Å². The van der Waals surface area contributed by atoms with Gasteiger partial charge in [0.25, 0.3) is 0 Å². The van der Waals surface area contributed by atoms with E-state index in [4.69, 9.17) is 14.2 Å². The molecule has 4 rings (SSSR count). The third kappa shape index (κ3) is 10.9. The average Bonchev–Trinajstić information content (AvgIpc) is 3.06. The highest BCUT2D eigenvalue weighted by molar-refractivity contribution is 5.65.